The standard InChI is InChI=1S/C15H20FN3O4/c1-15(2,3)23-14(22)19-7-6-18(9-11(19)13(20)21)12-5-4-10(16)8-17-12/h4-5,8,11H,6-7,9H2,1-3H3,(H,20,21). The Labute approximate surface area is 133 Å². The number of hydrogen-bond acceptors (Lipinski definition) is 5. The molecule has 126 valence electrons. The highest BCUT2D eigenvalue weighted by Gasteiger charge is 2.37. The van der Waals surface area contributed by atoms with Crippen LogP contribution in [0, 0.1) is 5.82 Å². The zero-order valence-electron chi connectivity index (χ0n) is 13.3. The Hall–Kier alpha value is -2.38. The summed E-state index contributed by atoms with van der Waals surface area (Å²) >= 11 is 0. The number of hydrogen-bond donors (Lipinski definition) is 1. The molecule has 0 aromatic carbocycles. The number of halogens is 1. The number of anilines is 1. The molecule has 0 bridgehead atoms. The van der Waals surface area contributed by atoms with Gasteiger partial charge in [0.15, 0.2) is 0 Å². The molecule has 1 aliphatic rings. The molecule has 0 saturated carbocycles. The van der Waals surface area contributed by atoms with Crippen molar-refractivity contribution in [2.24, 2.45) is 0 Å². The van der Waals surface area contributed by atoms with Gasteiger partial charge in [0.2, 0.25) is 0 Å². The highest BCUT2D eigenvalue weighted by molar-refractivity contribution is 5.81. The minimum atomic E-state index is -1.12. The van der Waals surface area contributed by atoms with Crippen LogP contribution < -0.4 is 4.90 Å². The Bertz CT molecular complexity index is 585. The number of carbonyl (C=O) groups is 2. The molecular formula is C15H20FN3O4. The predicted octanol–water partition coefficient (Wildman–Crippen LogP) is 1.73. The number of carboxylic acid groups (broad SMARTS) is 1. The Morgan fingerprint density at radius 2 is 2.04 bits per heavy atom. The number of aliphatic carboxylic acids is 1. The number of amides is 1. The Morgan fingerprint density at radius 3 is 2.57 bits per heavy atom. The van der Waals surface area contributed by atoms with Crippen molar-refractivity contribution in [3.63, 3.8) is 0 Å². The molecule has 1 aromatic heterocycles. The van der Waals surface area contributed by atoms with Gasteiger partial charge >= 0.3 is 12.1 Å². The lowest BCUT2D eigenvalue weighted by atomic mass is 10.1. The van der Waals surface area contributed by atoms with E-state index in [1.165, 1.54) is 17.0 Å². The summed E-state index contributed by atoms with van der Waals surface area (Å²) in [6.45, 7) is 5.80. The molecular weight excluding hydrogens is 305 g/mol. The molecule has 8 heteroatoms. The van der Waals surface area contributed by atoms with Gasteiger partial charge in [0.1, 0.15) is 23.3 Å². The lowest BCUT2D eigenvalue weighted by Crippen LogP contribution is -2.59. The monoisotopic (exact) mass is 325 g/mol. The van der Waals surface area contributed by atoms with Gasteiger partial charge in [-0.15, -0.1) is 0 Å². The molecule has 23 heavy (non-hydrogen) atoms. The second-order valence-electron chi connectivity index (χ2n) is 6.31. The quantitative estimate of drug-likeness (QED) is 0.891. The van der Waals surface area contributed by atoms with E-state index in [-0.39, 0.29) is 13.1 Å². The minimum Gasteiger partial charge on any atom is -0.480 e. The van der Waals surface area contributed by atoms with Gasteiger partial charge in [-0.2, -0.15) is 0 Å². The van der Waals surface area contributed by atoms with Gasteiger partial charge < -0.3 is 14.7 Å². The van der Waals surface area contributed by atoms with Gasteiger partial charge in [-0.25, -0.2) is 19.0 Å². The van der Waals surface area contributed by atoms with Gasteiger partial charge in [0, 0.05) is 13.1 Å². The van der Waals surface area contributed by atoms with Crippen LogP contribution in [0.1, 0.15) is 20.8 Å². The first-order valence-electron chi connectivity index (χ1n) is 7.26. The van der Waals surface area contributed by atoms with Crippen LogP contribution in [-0.4, -0.2) is 58.3 Å². The zero-order chi connectivity index (χ0) is 17.2. The maximum atomic E-state index is 12.9. The summed E-state index contributed by atoms with van der Waals surface area (Å²) in [5, 5.41) is 9.41. The van der Waals surface area contributed by atoms with E-state index >= 15 is 0 Å². The second kappa shape index (κ2) is 6.39. The normalized spacial score (nSPS) is 18.7. The number of aromatic nitrogens is 1. The van der Waals surface area contributed by atoms with Crippen LogP contribution in [0.2, 0.25) is 0 Å². The fourth-order valence-corrected chi connectivity index (χ4v) is 2.30. The summed E-state index contributed by atoms with van der Waals surface area (Å²) in [4.78, 5) is 30.5. The van der Waals surface area contributed by atoms with Crippen molar-refractivity contribution in [2.75, 3.05) is 24.5 Å². The molecule has 0 aliphatic carbocycles. The lowest BCUT2D eigenvalue weighted by molar-refractivity contribution is -0.143. The van der Waals surface area contributed by atoms with Crippen molar-refractivity contribution in [3.8, 4) is 0 Å². The second-order valence-corrected chi connectivity index (χ2v) is 6.31. The van der Waals surface area contributed by atoms with Crippen molar-refractivity contribution in [2.45, 2.75) is 32.4 Å². The number of nitrogens with zero attached hydrogens (tertiary/aromatic N) is 3. The molecule has 7 nitrogen and oxygen atoms in total. The van der Waals surface area contributed by atoms with E-state index in [1.807, 2.05) is 0 Å². The summed E-state index contributed by atoms with van der Waals surface area (Å²) in [5.41, 5.74) is -0.699. The molecule has 1 N–H and O–H groups in total. The van der Waals surface area contributed by atoms with Crippen LogP contribution in [0.3, 0.4) is 0 Å². The molecule has 2 rings (SSSR count). The van der Waals surface area contributed by atoms with E-state index < -0.39 is 29.5 Å². The van der Waals surface area contributed by atoms with Crippen molar-refractivity contribution in [1.29, 1.82) is 0 Å². The first-order valence-corrected chi connectivity index (χ1v) is 7.26. The number of carboxylic acids is 1. The van der Waals surface area contributed by atoms with Crippen LogP contribution in [-0.2, 0) is 9.53 Å². The molecule has 1 fully saturated rings. The molecule has 0 spiro atoms. The SMILES string of the molecule is CC(C)(C)OC(=O)N1CCN(c2ccc(F)cn2)CC1C(=O)O. The Morgan fingerprint density at radius 1 is 1.35 bits per heavy atom. The third-order valence-corrected chi connectivity index (χ3v) is 3.33. The smallest absolute Gasteiger partial charge is 0.411 e. The summed E-state index contributed by atoms with van der Waals surface area (Å²) in [7, 11) is 0. The molecule has 1 atom stereocenters. The Balaban J connectivity index is 2.13. The summed E-state index contributed by atoms with van der Waals surface area (Å²) in [6.07, 6.45) is 0.419. The predicted molar refractivity (Wildman–Crippen MR) is 80.8 cm³/mol. The fraction of sp³-hybridized carbons (Fsp3) is 0.533. The summed E-state index contributed by atoms with van der Waals surface area (Å²) < 4.78 is 18.2. The van der Waals surface area contributed by atoms with Gasteiger partial charge in [-0.1, -0.05) is 0 Å². The number of rotatable bonds is 2. The maximum absolute atomic E-state index is 12.9. The van der Waals surface area contributed by atoms with Gasteiger partial charge in [-0.3, -0.25) is 4.90 Å². The van der Waals surface area contributed by atoms with Crippen molar-refractivity contribution >= 4 is 17.9 Å². The topological polar surface area (TPSA) is 83.0 Å². The van der Waals surface area contributed by atoms with Crippen LogP contribution in [0.5, 0.6) is 0 Å². The van der Waals surface area contributed by atoms with Gasteiger partial charge in [-0.05, 0) is 32.9 Å². The number of pyridine rings is 1. The van der Waals surface area contributed by atoms with Crippen LogP contribution in [0.25, 0.3) is 0 Å². The number of piperazine rings is 1. The van der Waals surface area contributed by atoms with Crippen LogP contribution in [0.4, 0.5) is 15.0 Å². The lowest BCUT2D eigenvalue weighted by Gasteiger charge is -2.40. The zero-order valence-corrected chi connectivity index (χ0v) is 13.3. The highest BCUT2D eigenvalue weighted by Crippen LogP contribution is 2.20. The number of ether oxygens (including phenoxy) is 1. The average molecular weight is 325 g/mol. The van der Waals surface area contributed by atoms with Crippen molar-refractivity contribution < 1.29 is 23.8 Å². The van der Waals surface area contributed by atoms with E-state index in [1.54, 1.807) is 25.7 Å². The first kappa shape index (κ1) is 17.0. The largest absolute Gasteiger partial charge is 0.480 e. The highest BCUT2D eigenvalue weighted by atomic mass is 19.1. The summed E-state index contributed by atoms with van der Waals surface area (Å²) in [6, 6.07) is 1.70. The maximum Gasteiger partial charge on any atom is 0.411 e. The summed E-state index contributed by atoms with van der Waals surface area (Å²) in [5.74, 6) is -1.11. The van der Waals surface area contributed by atoms with E-state index in [9.17, 15) is 19.1 Å². The fourth-order valence-electron chi connectivity index (χ4n) is 2.30. The molecule has 1 aliphatic heterocycles. The van der Waals surface area contributed by atoms with Gasteiger partial charge in [0.25, 0.3) is 0 Å². The molecule has 1 saturated heterocycles. The van der Waals surface area contributed by atoms with Crippen LogP contribution in [0.15, 0.2) is 18.3 Å². The molecule has 1 aromatic rings. The molecule has 1 unspecified atom stereocenters. The van der Waals surface area contributed by atoms with Crippen molar-refractivity contribution in [1.82, 2.24) is 9.88 Å². The van der Waals surface area contributed by atoms with Gasteiger partial charge in [0.05, 0.1) is 12.7 Å². The van der Waals surface area contributed by atoms with E-state index in [2.05, 4.69) is 4.98 Å². The Kier molecular flexibility index (Phi) is 4.72. The van der Waals surface area contributed by atoms with Crippen molar-refractivity contribution in [3.05, 3.63) is 24.1 Å². The minimum absolute atomic E-state index is 0.0627. The average Bonchev–Trinajstić information content (AvgIpc) is 2.45. The molecule has 1 amide bonds. The third-order valence-electron chi connectivity index (χ3n) is 3.33. The van der Waals surface area contributed by atoms with E-state index in [0.717, 1.165) is 6.20 Å². The first-order chi connectivity index (χ1) is 10.7. The molecule has 0 radical (unpaired) electrons. The number of carbonyl (C=O) groups excluding carboxylic acids is 1. The van der Waals surface area contributed by atoms with Crippen LogP contribution >= 0.6 is 0 Å². The van der Waals surface area contributed by atoms with E-state index in [4.69, 9.17) is 4.74 Å². The third kappa shape index (κ3) is 4.30. The van der Waals surface area contributed by atoms with E-state index in [0.29, 0.717) is 12.4 Å². The molecule has 2 heterocycles.